The monoisotopic (exact) mass is 504 g/mol. The Morgan fingerprint density at radius 3 is 2.14 bits per heavy atom. The van der Waals surface area contributed by atoms with Crippen molar-refractivity contribution in [2.45, 2.75) is 13.2 Å². The maximum atomic E-state index is 12.4. The minimum Gasteiger partial charge on any atom is -0.489 e. The molecule has 7 heteroatoms. The van der Waals surface area contributed by atoms with Crippen molar-refractivity contribution in [3.8, 4) is 11.5 Å². The molecule has 0 saturated carbocycles. The predicted molar refractivity (Wildman–Crippen MR) is 140 cm³/mol. The van der Waals surface area contributed by atoms with Crippen LogP contribution in [0.25, 0.3) is 0 Å². The quantitative estimate of drug-likeness (QED) is 0.199. The minimum atomic E-state index is -0.323. The van der Waals surface area contributed by atoms with Gasteiger partial charge in [0.2, 0.25) is 0 Å². The van der Waals surface area contributed by atoms with Gasteiger partial charge in [0.25, 0.3) is 5.91 Å². The second kappa shape index (κ2) is 12.1. The number of hydrogen-bond donors (Lipinski definition) is 1. The molecule has 0 radical (unpaired) electrons. The fourth-order valence-corrected chi connectivity index (χ4v) is 3.59. The largest absolute Gasteiger partial charge is 0.489 e. The molecule has 4 aromatic rings. The summed E-state index contributed by atoms with van der Waals surface area (Å²) >= 11 is 12.1. The maximum absolute atomic E-state index is 12.4. The fourth-order valence-electron chi connectivity index (χ4n) is 3.12. The van der Waals surface area contributed by atoms with Crippen LogP contribution in [0.4, 0.5) is 0 Å². The first-order chi connectivity index (χ1) is 17.1. The smallest absolute Gasteiger partial charge is 0.271 e. The third-order valence-electron chi connectivity index (χ3n) is 5.03. The highest BCUT2D eigenvalue weighted by atomic mass is 35.5. The molecule has 0 aromatic heterocycles. The second-order valence-corrected chi connectivity index (χ2v) is 8.43. The predicted octanol–water partition coefficient (Wildman–Crippen LogP) is 6.92. The van der Waals surface area contributed by atoms with Gasteiger partial charge >= 0.3 is 0 Å². The molecule has 0 fully saturated rings. The number of hydrogen-bond acceptors (Lipinski definition) is 4. The Morgan fingerprint density at radius 1 is 0.800 bits per heavy atom. The van der Waals surface area contributed by atoms with E-state index < -0.39 is 0 Å². The normalized spacial score (nSPS) is 10.8. The summed E-state index contributed by atoms with van der Waals surface area (Å²) in [5.74, 6) is 1.05. The molecule has 176 valence electrons. The van der Waals surface area contributed by atoms with Crippen LogP contribution in [-0.2, 0) is 13.2 Å². The van der Waals surface area contributed by atoms with Crippen molar-refractivity contribution in [2.24, 2.45) is 5.10 Å². The molecule has 0 spiro atoms. The molecule has 35 heavy (non-hydrogen) atoms. The molecule has 0 aliphatic carbocycles. The summed E-state index contributed by atoms with van der Waals surface area (Å²) in [6.45, 7) is 0.797. The van der Waals surface area contributed by atoms with Crippen LogP contribution in [-0.4, -0.2) is 12.1 Å². The van der Waals surface area contributed by atoms with Crippen LogP contribution in [0.1, 0.15) is 27.0 Å². The van der Waals surface area contributed by atoms with Gasteiger partial charge in [-0.2, -0.15) is 5.10 Å². The third kappa shape index (κ3) is 7.34. The van der Waals surface area contributed by atoms with Gasteiger partial charge in [0.1, 0.15) is 24.7 Å². The van der Waals surface area contributed by atoms with Crippen LogP contribution in [0, 0.1) is 0 Å². The number of hydrazone groups is 1. The molecule has 1 amide bonds. The van der Waals surface area contributed by atoms with Crippen LogP contribution in [0.5, 0.6) is 11.5 Å². The number of carbonyl (C=O) groups is 1. The van der Waals surface area contributed by atoms with E-state index in [9.17, 15) is 4.79 Å². The number of rotatable bonds is 9. The molecule has 0 heterocycles. The van der Waals surface area contributed by atoms with Gasteiger partial charge in [-0.05, 0) is 71.8 Å². The van der Waals surface area contributed by atoms with Gasteiger partial charge in [0.05, 0.1) is 6.21 Å². The Bertz CT molecular complexity index is 1290. The Kier molecular flexibility index (Phi) is 8.39. The molecule has 4 aromatic carbocycles. The summed E-state index contributed by atoms with van der Waals surface area (Å²) in [6.07, 6.45) is 1.58. The van der Waals surface area contributed by atoms with Gasteiger partial charge in [0.15, 0.2) is 0 Å². The number of nitrogens with zero attached hydrogens (tertiary/aromatic N) is 1. The Morgan fingerprint density at radius 2 is 1.46 bits per heavy atom. The van der Waals surface area contributed by atoms with E-state index in [1.807, 2.05) is 60.7 Å². The first-order valence-corrected chi connectivity index (χ1v) is 11.6. The first-order valence-electron chi connectivity index (χ1n) is 10.8. The molecular formula is C28H22Cl2N2O3. The molecule has 4 rings (SSSR count). The van der Waals surface area contributed by atoms with E-state index in [0.29, 0.717) is 34.6 Å². The zero-order chi connectivity index (χ0) is 24.5. The summed E-state index contributed by atoms with van der Waals surface area (Å²) in [7, 11) is 0. The fraction of sp³-hybridized carbons (Fsp3) is 0.0714. The number of halogens is 2. The summed E-state index contributed by atoms with van der Waals surface area (Å²) < 4.78 is 11.5. The summed E-state index contributed by atoms with van der Waals surface area (Å²) in [5.41, 5.74) is 5.75. The molecule has 0 atom stereocenters. The van der Waals surface area contributed by atoms with Crippen LogP contribution < -0.4 is 14.9 Å². The lowest BCUT2D eigenvalue weighted by Gasteiger charge is -2.08. The van der Waals surface area contributed by atoms with Crippen molar-refractivity contribution in [2.75, 3.05) is 0 Å². The van der Waals surface area contributed by atoms with Crippen molar-refractivity contribution < 1.29 is 14.3 Å². The number of nitrogens with one attached hydrogen (secondary N) is 1. The Balaban J connectivity index is 1.24. The standard InChI is InChI=1S/C28H22Cl2N2O3/c29-24-11-8-23(27(30)16-24)19-35-26-14-9-22(10-15-26)28(33)32-31-17-20-6-12-25(13-7-20)34-18-21-4-2-1-3-5-21/h1-17H,18-19H2,(H,32,33)/b31-17-. The number of amides is 1. The van der Waals surface area contributed by atoms with E-state index in [1.54, 1.807) is 42.6 Å². The Hall–Kier alpha value is -3.80. The van der Waals surface area contributed by atoms with Gasteiger partial charge in [0, 0.05) is 21.2 Å². The molecule has 0 unspecified atom stereocenters. The van der Waals surface area contributed by atoms with Gasteiger partial charge in [-0.3, -0.25) is 4.79 Å². The van der Waals surface area contributed by atoms with Gasteiger partial charge < -0.3 is 9.47 Å². The first kappa shape index (κ1) is 24.3. The second-order valence-electron chi connectivity index (χ2n) is 7.59. The summed E-state index contributed by atoms with van der Waals surface area (Å²) in [4.78, 5) is 12.4. The van der Waals surface area contributed by atoms with Crippen molar-refractivity contribution in [1.82, 2.24) is 5.43 Å². The van der Waals surface area contributed by atoms with E-state index in [0.717, 1.165) is 22.4 Å². The van der Waals surface area contributed by atoms with Crippen LogP contribution >= 0.6 is 23.2 Å². The molecule has 0 aliphatic heterocycles. The molecule has 5 nitrogen and oxygen atoms in total. The number of carbonyl (C=O) groups excluding carboxylic acids is 1. The molecule has 0 aliphatic rings. The lowest BCUT2D eigenvalue weighted by atomic mass is 10.2. The average molecular weight is 505 g/mol. The van der Waals surface area contributed by atoms with Crippen LogP contribution in [0.15, 0.2) is 102 Å². The van der Waals surface area contributed by atoms with E-state index >= 15 is 0 Å². The highest BCUT2D eigenvalue weighted by Gasteiger charge is 2.06. The molecule has 0 saturated heterocycles. The summed E-state index contributed by atoms with van der Waals surface area (Å²) in [5, 5.41) is 5.15. The lowest BCUT2D eigenvalue weighted by molar-refractivity contribution is 0.0955. The van der Waals surface area contributed by atoms with Crippen molar-refractivity contribution in [3.05, 3.63) is 129 Å². The van der Waals surface area contributed by atoms with E-state index in [4.69, 9.17) is 32.7 Å². The average Bonchev–Trinajstić information content (AvgIpc) is 2.88. The van der Waals surface area contributed by atoms with E-state index in [1.165, 1.54) is 0 Å². The maximum Gasteiger partial charge on any atom is 0.271 e. The number of benzene rings is 4. The molecular weight excluding hydrogens is 483 g/mol. The van der Waals surface area contributed by atoms with Crippen LogP contribution in [0.2, 0.25) is 10.0 Å². The van der Waals surface area contributed by atoms with Crippen molar-refractivity contribution >= 4 is 35.3 Å². The van der Waals surface area contributed by atoms with Gasteiger partial charge in [-0.1, -0.05) is 59.6 Å². The van der Waals surface area contributed by atoms with Crippen molar-refractivity contribution in [1.29, 1.82) is 0 Å². The topological polar surface area (TPSA) is 59.9 Å². The molecule has 1 N–H and O–H groups in total. The Labute approximate surface area is 213 Å². The van der Waals surface area contributed by atoms with Gasteiger partial charge in [-0.25, -0.2) is 5.43 Å². The number of ether oxygens (including phenoxy) is 2. The lowest BCUT2D eigenvalue weighted by Crippen LogP contribution is -2.17. The molecule has 0 bridgehead atoms. The third-order valence-corrected chi connectivity index (χ3v) is 5.62. The highest BCUT2D eigenvalue weighted by molar-refractivity contribution is 6.35. The summed E-state index contributed by atoms with van der Waals surface area (Å²) in [6, 6.07) is 29.5. The minimum absolute atomic E-state index is 0.294. The SMILES string of the molecule is O=C(N/N=C\c1ccc(OCc2ccccc2)cc1)c1ccc(OCc2ccc(Cl)cc2Cl)cc1. The van der Waals surface area contributed by atoms with Crippen molar-refractivity contribution in [3.63, 3.8) is 0 Å². The van der Waals surface area contributed by atoms with Crippen LogP contribution in [0.3, 0.4) is 0 Å². The highest BCUT2D eigenvalue weighted by Crippen LogP contribution is 2.23. The van der Waals surface area contributed by atoms with E-state index in [-0.39, 0.29) is 5.91 Å². The van der Waals surface area contributed by atoms with E-state index in [2.05, 4.69) is 10.5 Å². The zero-order valence-electron chi connectivity index (χ0n) is 18.7. The van der Waals surface area contributed by atoms with Gasteiger partial charge in [-0.15, -0.1) is 0 Å². The zero-order valence-corrected chi connectivity index (χ0v) is 20.2.